The summed E-state index contributed by atoms with van der Waals surface area (Å²) in [4.78, 5) is 2.91. The zero-order valence-corrected chi connectivity index (χ0v) is 11.9. The maximum atomic E-state index is 5.76. The molecule has 0 bridgehead atoms. The molecule has 0 N–H and O–H groups in total. The Morgan fingerprint density at radius 3 is 3.06 bits per heavy atom. The standard InChI is InChI=1S/C13H20BrNO2/c1-16-8-9-17-13-6-7-15(10-13)12-4-2-11(14)3-5-12/h2,4-5,11,13H,3,6-10H2,1H3. The number of hydrogen-bond donors (Lipinski definition) is 0. The largest absolute Gasteiger partial charge is 0.382 e. The van der Waals surface area contributed by atoms with Crippen molar-refractivity contribution >= 4 is 15.9 Å². The molecule has 2 rings (SSSR count). The maximum absolute atomic E-state index is 5.76. The number of halogens is 1. The summed E-state index contributed by atoms with van der Waals surface area (Å²) in [7, 11) is 1.71. The lowest BCUT2D eigenvalue weighted by Crippen LogP contribution is -2.24. The van der Waals surface area contributed by atoms with Crippen LogP contribution in [0.2, 0.25) is 0 Å². The molecule has 4 heteroatoms. The normalized spacial score (nSPS) is 28.6. The third kappa shape index (κ3) is 3.83. The first-order valence-electron chi connectivity index (χ1n) is 6.17. The van der Waals surface area contributed by atoms with Gasteiger partial charge in [-0.1, -0.05) is 28.1 Å². The molecule has 0 aromatic carbocycles. The number of ether oxygens (including phenoxy) is 2. The van der Waals surface area contributed by atoms with Crippen LogP contribution in [-0.2, 0) is 9.47 Å². The summed E-state index contributed by atoms with van der Waals surface area (Å²) in [5.74, 6) is 0. The summed E-state index contributed by atoms with van der Waals surface area (Å²) in [6, 6.07) is 0. The van der Waals surface area contributed by atoms with Gasteiger partial charge in [-0.2, -0.15) is 0 Å². The van der Waals surface area contributed by atoms with Crippen LogP contribution in [-0.4, -0.2) is 49.2 Å². The van der Waals surface area contributed by atoms with Gasteiger partial charge in [-0.3, -0.25) is 0 Å². The maximum Gasteiger partial charge on any atom is 0.0767 e. The zero-order chi connectivity index (χ0) is 12.1. The van der Waals surface area contributed by atoms with Crippen molar-refractivity contribution in [2.24, 2.45) is 0 Å². The van der Waals surface area contributed by atoms with Crippen molar-refractivity contribution < 1.29 is 9.47 Å². The molecule has 2 unspecified atom stereocenters. The molecule has 17 heavy (non-hydrogen) atoms. The average Bonchev–Trinajstić information content (AvgIpc) is 2.79. The number of hydrogen-bond acceptors (Lipinski definition) is 3. The van der Waals surface area contributed by atoms with E-state index < -0.39 is 0 Å². The molecule has 1 saturated heterocycles. The predicted molar refractivity (Wildman–Crippen MR) is 72.4 cm³/mol. The van der Waals surface area contributed by atoms with Gasteiger partial charge in [0.25, 0.3) is 0 Å². The second kappa shape index (κ2) is 6.57. The molecule has 96 valence electrons. The highest BCUT2D eigenvalue weighted by Gasteiger charge is 2.24. The Morgan fingerprint density at radius 1 is 1.47 bits per heavy atom. The molecule has 1 aliphatic heterocycles. The molecule has 1 heterocycles. The van der Waals surface area contributed by atoms with E-state index in [4.69, 9.17) is 9.47 Å². The first kappa shape index (κ1) is 13.1. The molecular weight excluding hydrogens is 282 g/mol. The van der Waals surface area contributed by atoms with Crippen molar-refractivity contribution in [1.82, 2.24) is 4.90 Å². The van der Waals surface area contributed by atoms with E-state index in [1.54, 1.807) is 7.11 Å². The molecule has 2 atom stereocenters. The lowest BCUT2D eigenvalue weighted by atomic mass is 10.1. The molecule has 3 nitrogen and oxygen atoms in total. The van der Waals surface area contributed by atoms with Crippen LogP contribution in [0.25, 0.3) is 0 Å². The number of allylic oxidation sites excluding steroid dienone is 3. The third-order valence-corrected chi connectivity index (χ3v) is 3.86. The lowest BCUT2D eigenvalue weighted by Gasteiger charge is -2.22. The molecular formula is C13H20BrNO2. The number of rotatable bonds is 5. The van der Waals surface area contributed by atoms with Gasteiger partial charge >= 0.3 is 0 Å². The Kier molecular flexibility index (Phi) is 5.07. The summed E-state index contributed by atoms with van der Waals surface area (Å²) >= 11 is 3.59. The van der Waals surface area contributed by atoms with Crippen LogP contribution < -0.4 is 0 Å². The van der Waals surface area contributed by atoms with Gasteiger partial charge in [-0.05, 0) is 18.9 Å². The molecule has 2 aliphatic rings. The van der Waals surface area contributed by atoms with Crippen LogP contribution in [0.3, 0.4) is 0 Å². The summed E-state index contributed by atoms with van der Waals surface area (Å²) in [5.41, 5.74) is 1.35. The third-order valence-electron chi connectivity index (χ3n) is 3.18. The smallest absolute Gasteiger partial charge is 0.0767 e. The van der Waals surface area contributed by atoms with Crippen molar-refractivity contribution in [2.45, 2.75) is 23.8 Å². The van der Waals surface area contributed by atoms with E-state index in [1.165, 1.54) is 5.70 Å². The first-order valence-corrected chi connectivity index (χ1v) is 7.09. The number of methoxy groups -OCH3 is 1. The Labute approximate surface area is 112 Å². The van der Waals surface area contributed by atoms with Gasteiger partial charge in [0.1, 0.15) is 0 Å². The Balaban J connectivity index is 1.76. The topological polar surface area (TPSA) is 21.7 Å². The van der Waals surface area contributed by atoms with Gasteiger partial charge in [0.2, 0.25) is 0 Å². The number of alkyl halides is 1. The number of nitrogens with zero attached hydrogens (tertiary/aromatic N) is 1. The van der Waals surface area contributed by atoms with Gasteiger partial charge in [-0.15, -0.1) is 0 Å². The fraction of sp³-hybridized carbons (Fsp3) is 0.692. The van der Waals surface area contributed by atoms with Crippen LogP contribution in [0.15, 0.2) is 23.9 Å². The Morgan fingerprint density at radius 2 is 2.35 bits per heavy atom. The highest BCUT2D eigenvalue weighted by Crippen LogP contribution is 2.23. The molecule has 1 aliphatic carbocycles. The second-order valence-corrected chi connectivity index (χ2v) is 5.64. The highest BCUT2D eigenvalue weighted by atomic mass is 79.9. The summed E-state index contributed by atoms with van der Waals surface area (Å²) in [5, 5.41) is 0. The van der Waals surface area contributed by atoms with Gasteiger partial charge in [0, 0.05) is 30.7 Å². The van der Waals surface area contributed by atoms with Crippen molar-refractivity contribution in [3.63, 3.8) is 0 Å². The van der Waals surface area contributed by atoms with E-state index in [1.807, 2.05) is 0 Å². The van der Waals surface area contributed by atoms with E-state index in [2.05, 4.69) is 39.1 Å². The molecule has 0 aromatic heterocycles. The minimum absolute atomic E-state index is 0.362. The molecule has 0 radical (unpaired) electrons. The van der Waals surface area contributed by atoms with Crippen molar-refractivity contribution in [3.8, 4) is 0 Å². The SMILES string of the molecule is COCCOC1CCN(C2=CCC(Br)C=C2)C1. The van der Waals surface area contributed by atoms with Crippen LogP contribution in [0.5, 0.6) is 0 Å². The lowest BCUT2D eigenvalue weighted by molar-refractivity contribution is 0.0236. The van der Waals surface area contributed by atoms with Crippen LogP contribution in [0.1, 0.15) is 12.8 Å². The van der Waals surface area contributed by atoms with E-state index in [9.17, 15) is 0 Å². The van der Waals surface area contributed by atoms with Gasteiger partial charge in [0.05, 0.1) is 19.3 Å². The zero-order valence-electron chi connectivity index (χ0n) is 10.3. The van der Waals surface area contributed by atoms with E-state index >= 15 is 0 Å². The molecule has 0 spiro atoms. The van der Waals surface area contributed by atoms with Gasteiger partial charge in [0.15, 0.2) is 0 Å². The highest BCUT2D eigenvalue weighted by molar-refractivity contribution is 9.09. The minimum atomic E-state index is 0.362. The Bertz CT molecular complexity index is 304. The second-order valence-electron chi connectivity index (χ2n) is 4.46. The van der Waals surface area contributed by atoms with Crippen molar-refractivity contribution in [2.75, 3.05) is 33.4 Å². The monoisotopic (exact) mass is 301 g/mol. The summed E-state index contributed by atoms with van der Waals surface area (Å²) in [6.07, 6.45) is 9.29. The molecule has 0 saturated carbocycles. The van der Waals surface area contributed by atoms with E-state index in [-0.39, 0.29) is 0 Å². The van der Waals surface area contributed by atoms with E-state index in [0.29, 0.717) is 24.1 Å². The first-order chi connectivity index (χ1) is 8.29. The fourth-order valence-electron chi connectivity index (χ4n) is 2.21. The van der Waals surface area contributed by atoms with Crippen LogP contribution in [0, 0.1) is 0 Å². The summed E-state index contributed by atoms with van der Waals surface area (Å²) in [6.45, 7) is 3.49. The Hall–Kier alpha value is -0.320. The predicted octanol–water partition coefficient (Wildman–Crippen LogP) is 2.33. The summed E-state index contributed by atoms with van der Waals surface area (Å²) < 4.78 is 10.7. The molecule has 1 fully saturated rings. The van der Waals surface area contributed by atoms with Crippen LogP contribution >= 0.6 is 15.9 Å². The molecule has 0 aromatic rings. The fourth-order valence-corrected chi connectivity index (χ4v) is 2.55. The van der Waals surface area contributed by atoms with Crippen LogP contribution in [0.4, 0.5) is 0 Å². The van der Waals surface area contributed by atoms with Crippen molar-refractivity contribution in [1.29, 1.82) is 0 Å². The quantitative estimate of drug-likeness (QED) is 0.575. The van der Waals surface area contributed by atoms with Crippen molar-refractivity contribution in [3.05, 3.63) is 23.9 Å². The number of likely N-dealkylation sites (tertiary alicyclic amines) is 1. The average molecular weight is 302 g/mol. The molecule has 0 amide bonds. The minimum Gasteiger partial charge on any atom is -0.382 e. The van der Waals surface area contributed by atoms with Gasteiger partial charge < -0.3 is 14.4 Å². The van der Waals surface area contributed by atoms with Gasteiger partial charge in [-0.25, -0.2) is 0 Å². The van der Waals surface area contributed by atoms with E-state index in [0.717, 1.165) is 25.9 Å².